The monoisotopic (exact) mass is 155 g/mol. The number of amides is 1. The standard InChI is InChI=1S/C9H17NO/c1-6-7-10(8(2)11)9(3,4)5/h6H,1,7H2,2-5H3. The summed E-state index contributed by atoms with van der Waals surface area (Å²) in [6.45, 7) is 11.8. The van der Waals surface area contributed by atoms with E-state index >= 15 is 0 Å². The summed E-state index contributed by atoms with van der Waals surface area (Å²) in [6.07, 6.45) is 1.74. The molecule has 0 aromatic heterocycles. The summed E-state index contributed by atoms with van der Waals surface area (Å²) in [6, 6.07) is 0. The van der Waals surface area contributed by atoms with Gasteiger partial charge in [-0.05, 0) is 20.8 Å². The van der Waals surface area contributed by atoms with Crippen LogP contribution >= 0.6 is 0 Å². The van der Waals surface area contributed by atoms with Crippen LogP contribution in [0.15, 0.2) is 12.7 Å². The highest BCUT2D eigenvalue weighted by molar-refractivity contribution is 5.74. The molecule has 0 spiro atoms. The second-order valence-corrected chi connectivity index (χ2v) is 3.59. The first-order valence-corrected chi connectivity index (χ1v) is 3.78. The van der Waals surface area contributed by atoms with E-state index in [9.17, 15) is 4.79 Å². The molecule has 1 amide bonds. The molecule has 2 heteroatoms. The molecule has 0 heterocycles. The first kappa shape index (κ1) is 10.2. The third-order valence-electron chi connectivity index (χ3n) is 1.50. The largest absolute Gasteiger partial charge is 0.334 e. The van der Waals surface area contributed by atoms with E-state index in [1.54, 1.807) is 17.9 Å². The van der Waals surface area contributed by atoms with E-state index in [0.717, 1.165) is 0 Å². The Kier molecular flexibility index (Phi) is 3.30. The molecule has 0 aliphatic carbocycles. The Balaban J connectivity index is 4.34. The van der Waals surface area contributed by atoms with E-state index in [0.29, 0.717) is 6.54 Å². The van der Waals surface area contributed by atoms with Gasteiger partial charge < -0.3 is 4.90 Å². The molecule has 0 N–H and O–H groups in total. The van der Waals surface area contributed by atoms with E-state index in [1.165, 1.54) is 0 Å². The van der Waals surface area contributed by atoms with Gasteiger partial charge in [-0.3, -0.25) is 4.79 Å². The lowest BCUT2D eigenvalue weighted by atomic mass is 10.1. The molecule has 0 aromatic carbocycles. The fourth-order valence-corrected chi connectivity index (χ4v) is 1.00. The van der Waals surface area contributed by atoms with Crippen LogP contribution in [0.5, 0.6) is 0 Å². The second kappa shape index (κ2) is 3.56. The van der Waals surface area contributed by atoms with Gasteiger partial charge in [-0.15, -0.1) is 6.58 Å². The van der Waals surface area contributed by atoms with Crippen molar-refractivity contribution in [1.29, 1.82) is 0 Å². The molecule has 0 unspecified atom stereocenters. The van der Waals surface area contributed by atoms with Crippen LogP contribution in [0.4, 0.5) is 0 Å². The summed E-state index contributed by atoms with van der Waals surface area (Å²) < 4.78 is 0. The van der Waals surface area contributed by atoms with Crippen LogP contribution in [0.25, 0.3) is 0 Å². The van der Waals surface area contributed by atoms with E-state index < -0.39 is 0 Å². The lowest BCUT2D eigenvalue weighted by Crippen LogP contribution is -2.44. The molecule has 0 aliphatic heterocycles. The van der Waals surface area contributed by atoms with Gasteiger partial charge in [0, 0.05) is 19.0 Å². The van der Waals surface area contributed by atoms with Crippen LogP contribution in [-0.2, 0) is 4.79 Å². The second-order valence-electron chi connectivity index (χ2n) is 3.59. The van der Waals surface area contributed by atoms with Crippen molar-refractivity contribution < 1.29 is 4.79 Å². The van der Waals surface area contributed by atoms with Crippen LogP contribution in [0.2, 0.25) is 0 Å². The molecular formula is C9H17NO. The van der Waals surface area contributed by atoms with Gasteiger partial charge in [0.05, 0.1) is 0 Å². The van der Waals surface area contributed by atoms with Gasteiger partial charge >= 0.3 is 0 Å². The Morgan fingerprint density at radius 1 is 1.55 bits per heavy atom. The number of nitrogens with zero attached hydrogens (tertiary/aromatic N) is 1. The van der Waals surface area contributed by atoms with Gasteiger partial charge in [0.15, 0.2) is 0 Å². The van der Waals surface area contributed by atoms with Crippen LogP contribution in [0, 0.1) is 0 Å². The average Bonchev–Trinajstić information content (AvgIpc) is 1.79. The average molecular weight is 155 g/mol. The summed E-state index contributed by atoms with van der Waals surface area (Å²) in [4.78, 5) is 12.8. The van der Waals surface area contributed by atoms with Crippen molar-refractivity contribution in [3.05, 3.63) is 12.7 Å². The number of carbonyl (C=O) groups excluding carboxylic acids is 1. The molecule has 0 radical (unpaired) electrons. The topological polar surface area (TPSA) is 20.3 Å². The quantitative estimate of drug-likeness (QED) is 0.557. The van der Waals surface area contributed by atoms with E-state index in [1.807, 2.05) is 20.8 Å². The summed E-state index contributed by atoms with van der Waals surface area (Å²) >= 11 is 0. The van der Waals surface area contributed by atoms with Crippen molar-refractivity contribution in [3.8, 4) is 0 Å². The smallest absolute Gasteiger partial charge is 0.220 e. The maximum absolute atomic E-state index is 11.1. The molecule has 2 nitrogen and oxygen atoms in total. The Morgan fingerprint density at radius 3 is 2.09 bits per heavy atom. The van der Waals surface area contributed by atoms with Crippen LogP contribution in [0.3, 0.4) is 0 Å². The van der Waals surface area contributed by atoms with Crippen molar-refractivity contribution in [2.24, 2.45) is 0 Å². The number of rotatable bonds is 2. The maximum Gasteiger partial charge on any atom is 0.220 e. The third-order valence-corrected chi connectivity index (χ3v) is 1.50. The van der Waals surface area contributed by atoms with Gasteiger partial charge in [-0.25, -0.2) is 0 Å². The van der Waals surface area contributed by atoms with Crippen LogP contribution in [0.1, 0.15) is 27.7 Å². The summed E-state index contributed by atoms with van der Waals surface area (Å²) in [7, 11) is 0. The zero-order valence-corrected chi connectivity index (χ0v) is 7.85. The predicted octanol–water partition coefficient (Wildman–Crippen LogP) is 1.82. The molecular weight excluding hydrogens is 138 g/mol. The summed E-state index contributed by atoms with van der Waals surface area (Å²) in [5.74, 6) is 0.0948. The molecule has 0 rings (SSSR count). The van der Waals surface area contributed by atoms with Crippen molar-refractivity contribution in [2.75, 3.05) is 6.54 Å². The highest BCUT2D eigenvalue weighted by Crippen LogP contribution is 2.12. The zero-order valence-electron chi connectivity index (χ0n) is 7.85. The first-order valence-electron chi connectivity index (χ1n) is 3.78. The van der Waals surface area contributed by atoms with Crippen LogP contribution in [-0.4, -0.2) is 22.9 Å². The fraction of sp³-hybridized carbons (Fsp3) is 0.667. The summed E-state index contributed by atoms with van der Waals surface area (Å²) in [5.41, 5.74) is -0.0972. The van der Waals surface area contributed by atoms with E-state index in [4.69, 9.17) is 0 Å². The van der Waals surface area contributed by atoms with Gasteiger partial charge in [0.25, 0.3) is 0 Å². The van der Waals surface area contributed by atoms with Crippen LogP contribution < -0.4 is 0 Å². The highest BCUT2D eigenvalue weighted by atomic mass is 16.2. The van der Waals surface area contributed by atoms with Crippen molar-refractivity contribution in [1.82, 2.24) is 4.90 Å². The molecule has 0 atom stereocenters. The lowest BCUT2D eigenvalue weighted by Gasteiger charge is -2.33. The van der Waals surface area contributed by atoms with Crippen molar-refractivity contribution >= 4 is 5.91 Å². The Hall–Kier alpha value is -0.790. The lowest BCUT2D eigenvalue weighted by molar-refractivity contribution is -0.132. The van der Waals surface area contributed by atoms with Gasteiger partial charge in [0.1, 0.15) is 0 Å². The van der Waals surface area contributed by atoms with Crippen molar-refractivity contribution in [3.63, 3.8) is 0 Å². The molecule has 0 fully saturated rings. The molecule has 0 saturated heterocycles. The first-order chi connectivity index (χ1) is 4.89. The minimum absolute atomic E-state index is 0.0948. The Bertz CT molecular complexity index is 155. The zero-order chi connectivity index (χ0) is 9.07. The number of carbonyl (C=O) groups is 1. The number of hydrogen-bond donors (Lipinski definition) is 0. The molecule has 64 valence electrons. The van der Waals surface area contributed by atoms with Crippen molar-refractivity contribution in [2.45, 2.75) is 33.2 Å². The molecule has 0 aliphatic rings. The molecule has 11 heavy (non-hydrogen) atoms. The number of hydrogen-bond acceptors (Lipinski definition) is 1. The fourth-order valence-electron chi connectivity index (χ4n) is 1.00. The van der Waals surface area contributed by atoms with Gasteiger partial charge in [0.2, 0.25) is 5.91 Å². The van der Waals surface area contributed by atoms with Gasteiger partial charge in [-0.2, -0.15) is 0 Å². The Morgan fingerprint density at radius 2 is 2.00 bits per heavy atom. The minimum Gasteiger partial charge on any atom is -0.334 e. The SMILES string of the molecule is C=CCN(C(C)=O)C(C)(C)C. The highest BCUT2D eigenvalue weighted by Gasteiger charge is 2.21. The minimum atomic E-state index is -0.0972. The van der Waals surface area contributed by atoms with E-state index in [2.05, 4.69) is 6.58 Å². The molecule has 0 aromatic rings. The summed E-state index contributed by atoms with van der Waals surface area (Å²) in [5, 5.41) is 0. The predicted molar refractivity (Wildman–Crippen MR) is 47.3 cm³/mol. The maximum atomic E-state index is 11.1. The van der Waals surface area contributed by atoms with E-state index in [-0.39, 0.29) is 11.4 Å². The Labute approximate surface area is 68.9 Å². The molecule has 0 saturated carbocycles. The third kappa shape index (κ3) is 3.21. The van der Waals surface area contributed by atoms with Gasteiger partial charge in [-0.1, -0.05) is 6.08 Å². The normalized spacial score (nSPS) is 10.9. The molecule has 0 bridgehead atoms.